The Morgan fingerprint density at radius 3 is 1.34 bits per heavy atom. The number of nitrogens with one attached hydrogen (secondary N) is 3. The summed E-state index contributed by atoms with van der Waals surface area (Å²) in [6.07, 6.45) is 4.42. The number of rotatable bonds is 28. The second-order valence-corrected chi connectivity index (χ2v) is 10.6. The number of hydrogen-bond acceptors (Lipinski definition) is 13. The van der Waals surface area contributed by atoms with Crippen LogP contribution in [0.1, 0.15) is 12.8 Å². The van der Waals surface area contributed by atoms with Gasteiger partial charge in [0.1, 0.15) is 13.1 Å². The predicted octanol–water partition coefficient (Wildman–Crippen LogP) is -3.49. The fourth-order valence-corrected chi connectivity index (χ4v) is 4.23. The van der Waals surface area contributed by atoms with Gasteiger partial charge in [0.2, 0.25) is 23.6 Å². The van der Waals surface area contributed by atoms with E-state index < -0.39 is 30.8 Å². The summed E-state index contributed by atoms with van der Waals surface area (Å²) in [4.78, 5) is 99.2. The molecule has 0 bridgehead atoms. The van der Waals surface area contributed by atoms with E-state index in [1.807, 2.05) is 0 Å². The summed E-state index contributed by atoms with van der Waals surface area (Å²) in [5.74, 6) is -3.57. The summed E-state index contributed by atoms with van der Waals surface area (Å²) in [7, 11) is 1.49. The first-order valence-electron chi connectivity index (χ1n) is 16.1. The zero-order valence-electron chi connectivity index (χ0n) is 28.2. The number of amides is 8. The van der Waals surface area contributed by atoms with Gasteiger partial charge < -0.3 is 44.5 Å². The first-order valence-corrected chi connectivity index (χ1v) is 16.1. The number of carbonyl (C=O) groups excluding carboxylic acids is 8. The summed E-state index contributed by atoms with van der Waals surface area (Å²) in [5.41, 5.74) is 0. The lowest BCUT2D eigenvalue weighted by atomic mass is 10.2. The molecule has 0 saturated heterocycles. The van der Waals surface area contributed by atoms with E-state index in [0.29, 0.717) is 6.61 Å². The van der Waals surface area contributed by atoms with Gasteiger partial charge >= 0.3 is 0 Å². The van der Waals surface area contributed by atoms with E-state index in [0.717, 1.165) is 14.7 Å². The monoisotopic (exact) mass is 710 g/mol. The standard InChI is InChI=1S/C31H46N6O13/c1-46-13-8-32-24(38)2-3-27(41)35(22-25(39)33-9-14-47-18-20-49-16-11-36-28(42)4-5-29(36)43)23-26(40)34-10-15-48-19-21-50-17-12-37-30(44)6-7-31(37)45/h4-7H,2-3,8-23H2,1H3,(H,32,38)(H,33,39)(H,34,40). The van der Waals surface area contributed by atoms with E-state index in [9.17, 15) is 38.4 Å². The Bertz CT molecular complexity index is 1130. The van der Waals surface area contributed by atoms with Crippen LogP contribution in [0, 0.1) is 0 Å². The minimum atomic E-state index is -0.569. The molecule has 0 aromatic carbocycles. The third kappa shape index (κ3) is 17.2. The van der Waals surface area contributed by atoms with E-state index in [1.54, 1.807) is 0 Å². The van der Waals surface area contributed by atoms with Crippen LogP contribution in [-0.4, -0.2) is 174 Å². The number of hydrogen-bond donors (Lipinski definition) is 3. The third-order valence-corrected chi connectivity index (χ3v) is 6.82. The summed E-state index contributed by atoms with van der Waals surface area (Å²) < 4.78 is 26.4. The van der Waals surface area contributed by atoms with Crippen molar-refractivity contribution in [3.05, 3.63) is 24.3 Å². The maximum absolute atomic E-state index is 12.9. The smallest absolute Gasteiger partial charge is 0.253 e. The highest BCUT2D eigenvalue weighted by Crippen LogP contribution is 2.04. The largest absolute Gasteiger partial charge is 0.383 e. The van der Waals surface area contributed by atoms with Crippen LogP contribution in [0.15, 0.2) is 24.3 Å². The second kappa shape index (κ2) is 24.6. The highest BCUT2D eigenvalue weighted by Gasteiger charge is 2.24. The Hall–Kier alpha value is -4.56. The number of ether oxygens (including phenoxy) is 5. The third-order valence-electron chi connectivity index (χ3n) is 6.82. The lowest BCUT2D eigenvalue weighted by Crippen LogP contribution is -2.46. The summed E-state index contributed by atoms with van der Waals surface area (Å²) >= 11 is 0. The molecule has 0 atom stereocenters. The van der Waals surface area contributed by atoms with Gasteiger partial charge in [0.05, 0.1) is 72.6 Å². The van der Waals surface area contributed by atoms with Crippen molar-refractivity contribution >= 4 is 47.3 Å². The molecule has 0 spiro atoms. The zero-order valence-corrected chi connectivity index (χ0v) is 28.2. The average Bonchev–Trinajstić information content (AvgIpc) is 3.59. The van der Waals surface area contributed by atoms with Crippen LogP contribution in [0.5, 0.6) is 0 Å². The number of nitrogens with zero attached hydrogens (tertiary/aromatic N) is 3. The van der Waals surface area contributed by atoms with Crippen molar-refractivity contribution in [1.29, 1.82) is 0 Å². The van der Waals surface area contributed by atoms with E-state index in [2.05, 4.69) is 16.0 Å². The topological polar surface area (TPSA) is 229 Å². The first kappa shape index (κ1) is 41.6. The second-order valence-electron chi connectivity index (χ2n) is 10.6. The Morgan fingerprint density at radius 2 is 0.920 bits per heavy atom. The molecule has 0 aliphatic carbocycles. The van der Waals surface area contributed by atoms with Gasteiger partial charge in [0.25, 0.3) is 23.6 Å². The molecule has 50 heavy (non-hydrogen) atoms. The molecule has 0 fully saturated rings. The van der Waals surface area contributed by atoms with Crippen molar-refractivity contribution in [3.8, 4) is 0 Å². The molecule has 0 radical (unpaired) electrons. The fraction of sp³-hybridized carbons (Fsp3) is 0.613. The van der Waals surface area contributed by atoms with Gasteiger partial charge in [0.15, 0.2) is 0 Å². The Kier molecular flexibility index (Phi) is 20.4. The molecule has 8 amide bonds. The van der Waals surface area contributed by atoms with E-state index in [-0.39, 0.29) is 128 Å². The molecule has 2 aliphatic rings. The van der Waals surface area contributed by atoms with Crippen molar-refractivity contribution in [1.82, 2.24) is 30.7 Å². The Labute approximate surface area is 289 Å². The number of carbonyl (C=O) groups is 8. The molecule has 278 valence electrons. The van der Waals surface area contributed by atoms with Gasteiger partial charge in [-0.2, -0.15) is 0 Å². The highest BCUT2D eigenvalue weighted by molar-refractivity contribution is 6.13. The molecule has 2 aliphatic heterocycles. The van der Waals surface area contributed by atoms with Crippen LogP contribution in [0.2, 0.25) is 0 Å². The molecule has 19 heteroatoms. The fourth-order valence-electron chi connectivity index (χ4n) is 4.23. The van der Waals surface area contributed by atoms with Crippen molar-refractivity contribution in [3.63, 3.8) is 0 Å². The van der Waals surface area contributed by atoms with Crippen LogP contribution in [0.25, 0.3) is 0 Å². The average molecular weight is 711 g/mol. The van der Waals surface area contributed by atoms with E-state index in [4.69, 9.17) is 23.7 Å². The summed E-state index contributed by atoms with van der Waals surface area (Å²) in [6, 6.07) is 0. The Balaban J connectivity index is 1.63. The molecule has 19 nitrogen and oxygen atoms in total. The van der Waals surface area contributed by atoms with Crippen molar-refractivity contribution in [2.45, 2.75) is 12.8 Å². The first-order chi connectivity index (χ1) is 24.1. The molecule has 0 aromatic heterocycles. The van der Waals surface area contributed by atoms with E-state index in [1.165, 1.54) is 31.4 Å². The van der Waals surface area contributed by atoms with Crippen molar-refractivity contribution in [2.75, 3.05) is 112 Å². The number of imide groups is 2. The molecular formula is C31H46N6O13. The molecule has 0 unspecified atom stereocenters. The van der Waals surface area contributed by atoms with Crippen LogP contribution in [0.3, 0.4) is 0 Å². The van der Waals surface area contributed by atoms with Crippen LogP contribution in [-0.2, 0) is 62.0 Å². The van der Waals surface area contributed by atoms with Crippen molar-refractivity contribution in [2.24, 2.45) is 0 Å². The maximum Gasteiger partial charge on any atom is 0.253 e. The van der Waals surface area contributed by atoms with Crippen molar-refractivity contribution < 1.29 is 62.0 Å². The summed E-state index contributed by atoms with van der Waals surface area (Å²) in [6.45, 7) is 1.60. The molecule has 2 rings (SSSR count). The maximum atomic E-state index is 12.9. The van der Waals surface area contributed by atoms with Gasteiger partial charge in [-0.15, -0.1) is 0 Å². The molecule has 0 aromatic rings. The molecule has 2 heterocycles. The van der Waals surface area contributed by atoms with Gasteiger partial charge in [0, 0.05) is 63.9 Å². The lowest BCUT2D eigenvalue weighted by Gasteiger charge is -2.22. The molecular weight excluding hydrogens is 664 g/mol. The quantitative estimate of drug-likeness (QED) is 0.0530. The van der Waals surface area contributed by atoms with Gasteiger partial charge in [-0.25, -0.2) is 0 Å². The van der Waals surface area contributed by atoms with Gasteiger partial charge in [-0.3, -0.25) is 48.2 Å². The predicted molar refractivity (Wildman–Crippen MR) is 172 cm³/mol. The zero-order chi connectivity index (χ0) is 36.6. The molecule has 0 saturated carbocycles. The van der Waals surface area contributed by atoms with E-state index >= 15 is 0 Å². The SMILES string of the molecule is COCCNC(=O)CCC(=O)N(CC(=O)NCCOCCOCCN1C(=O)C=CC1=O)CC(=O)NCCOCCOCCN1C(=O)C=CC1=O. The lowest BCUT2D eigenvalue weighted by molar-refractivity contribution is -0.140. The summed E-state index contributed by atoms with van der Waals surface area (Å²) in [5, 5.41) is 7.82. The molecule has 3 N–H and O–H groups in total. The minimum absolute atomic E-state index is 0.115. The minimum Gasteiger partial charge on any atom is -0.383 e. The Morgan fingerprint density at radius 1 is 0.540 bits per heavy atom. The van der Waals surface area contributed by atoms with Crippen LogP contribution >= 0.6 is 0 Å². The number of methoxy groups -OCH3 is 1. The highest BCUT2D eigenvalue weighted by atomic mass is 16.5. The van der Waals surface area contributed by atoms with Gasteiger partial charge in [-0.1, -0.05) is 0 Å². The van der Waals surface area contributed by atoms with Crippen LogP contribution in [0.4, 0.5) is 0 Å². The normalized spacial score (nSPS) is 13.8. The van der Waals surface area contributed by atoms with Crippen LogP contribution < -0.4 is 16.0 Å². The van der Waals surface area contributed by atoms with Gasteiger partial charge in [-0.05, 0) is 0 Å².